The minimum absolute atomic E-state index is 0.111. The first kappa shape index (κ1) is 20.1. The highest BCUT2D eigenvalue weighted by Gasteiger charge is 2.18. The standard InChI is InChI=1S/C20H26N2O3S/c1-16(2)12-13-21-26(24,25)19-11-7-10-18(14-19)20(23)22(3)15-17-8-5-4-6-9-17/h4-11,14,16,21H,12-13,15H2,1-3H3. The lowest BCUT2D eigenvalue weighted by Gasteiger charge is -2.18. The lowest BCUT2D eigenvalue weighted by molar-refractivity contribution is 0.0785. The molecule has 0 aliphatic heterocycles. The second-order valence-corrected chi connectivity index (χ2v) is 8.52. The van der Waals surface area contributed by atoms with E-state index >= 15 is 0 Å². The molecular weight excluding hydrogens is 348 g/mol. The maximum absolute atomic E-state index is 12.6. The summed E-state index contributed by atoms with van der Waals surface area (Å²) in [5.74, 6) is 0.199. The van der Waals surface area contributed by atoms with Crippen LogP contribution < -0.4 is 4.72 Å². The number of carbonyl (C=O) groups excluding carboxylic acids is 1. The number of carbonyl (C=O) groups is 1. The number of amides is 1. The quantitative estimate of drug-likeness (QED) is 0.771. The summed E-state index contributed by atoms with van der Waals surface area (Å²) in [5.41, 5.74) is 1.37. The Kier molecular flexibility index (Phi) is 6.94. The van der Waals surface area contributed by atoms with Gasteiger partial charge in [0, 0.05) is 25.7 Å². The van der Waals surface area contributed by atoms with Crippen LogP contribution in [0.15, 0.2) is 59.5 Å². The molecule has 0 unspecified atom stereocenters. The van der Waals surface area contributed by atoms with Gasteiger partial charge in [0.2, 0.25) is 10.0 Å². The highest BCUT2D eigenvalue weighted by atomic mass is 32.2. The van der Waals surface area contributed by atoms with Crippen molar-refractivity contribution in [2.45, 2.75) is 31.7 Å². The van der Waals surface area contributed by atoms with E-state index in [2.05, 4.69) is 4.72 Å². The normalized spacial score (nSPS) is 11.5. The first-order chi connectivity index (χ1) is 12.3. The molecule has 0 saturated carbocycles. The molecule has 0 saturated heterocycles. The molecule has 2 aromatic rings. The summed E-state index contributed by atoms with van der Waals surface area (Å²) in [6, 6.07) is 15.8. The van der Waals surface area contributed by atoms with Gasteiger partial charge in [0.05, 0.1) is 4.90 Å². The van der Waals surface area contributed by atoms with Crippen LogP contribution in [0.1, 0.15) is 36.2 Å². The van der Waals surface area contributed by atoms with E-state index in [0.717, 1.165) is 12.0 Å². The Bertz CT molecular complexity index is 833. The molecule has 1 N–H and O–H groups in total. The van der Waals surface area contributed by atoms with E-state index in [-0.39, 0.29) is 10.8 Å². The zero-order chi connectivity index (χ0) is 19.2. The van der Waals surface area contributed by atoms with Crippen molar-refractivity contribution in [2.24, 2.45) is 5.92 Å². The number of sulfonamides is 1. The average molecular weight is 375 g/mol. The molecule has 0 radical (unpaired) electrons. The Hall–Kier alpha value is -2.18. The highest BCUT2D eigenvalue weighted by Crippen LogP contribution is 2.14. The molecule has 0 fully saturated rings. The van der Waals surface area contributed by atoms with Gasteiger partial charge < -0.3 is 4.90 Å². The van der Waals surface area contributed by atoms with E-state index < -0.39 is 10.0 Å². The fourth-order valence-electron chi connectivity index (χ4n) is 2.51. The number of hydrogen-bond donors (Lipinski definition) is 1. The molecule has 0 aliphatic rings. The molecule has 0 aromatic heterocycles. The molecule has 0 spiro atoms. The van der Waals surface area contributed by atoms with Crippen molar-refractivity contribution in [1.29, 1.82) is 0 Å². The number of nitrogens with zero attached hydrogens (tertiary/aromatic N) is 1. The zero-order valence-corrected chi connectivity index (χ0v) is 16.3. The van der Waals surface area contributed by atoms with Crippen LogP contribution in [0.5, 0.6) is 0 Å². The minimum atomic E-state index is -3.62. The van der Waals surface area contributed by atoms with Crippen LogP contribution in [0.3, 0.4) is 0 Å². The van der Waals surface area contributed by atoms with Crippen LogP contribution in [-0.2, 0) is 16.6 Å². The summed E-state index contributed by atoms with van der Waals surface area (Å²) >= 11 is 0. The summed E-state index contributed by atoms with van der Waals surface area (Å²) in [4.78, 5) is 14.3. The maximum atomic E-state index is 12.6. The second kappa shape index (κ2) is 8.96. The van der Waals surface area contributed by atoms with Gasteiger partial charge in [-0.15, -0.1) is 0 Å². The SMILES string of the molecule is CC(C)CCNS(=O)(=O)c1cccc(C(=O)N(C)Cc2ccccc2)c1. The van der Waals surface area contributed by atoms with Gasteiger partial charge in [-0.3, -0.25) is 4.79 Å². The summed E-state index contributed by atoms with van der Waals surface area (Å²) < 4.78 is 27.4. The Morgan fingerprint density at radius 2 is 1.77 bits per heavy atom. The summed E-state index contributed by atoms with van der Waals surface area (Å²) in [6.45, 7) is 4.92. The number of nitrogens with one attached hydrogen (secondary N) is 1. The largest absolute Gasteiger partial charge is 0.337 e. The predicted octanol–water partition coefficient (Wildman–Crippen LogP) is 3.28. The molecule has 2 rings (SSSR count). The van der Waals surface area contributed by atoms with E-state index in [1.54, 1.807) is 24.1 Å². The van der Waals surface area contributed by atoms with Crippen LogP contribution in [0, 0.1) is 5.92 Å². The van der Waals surface area contributed by atoms with Crippen LogP contribution in [0.25, 0.3) is 0 Å². The molecular formula is C20H26N2O3S. The van der Waals surface area contributed by atoms with Crippen molar-refractivity contribution in [3.63, 3.8) is 0 Å². The maximum Gasteiger partial charge on any atom is 0.253 e. The smallest absolute Gasteiger partial charge is 0.253 e. The average Bonchev–Trinajstić information content (AvgIpc) is 2.61. The van der Waals surface area contributed by atoms with E-state index in [0.29, 0.717) is 24.6 Å². The van der Waals surface area contributed by atoms with Gasteiger partial charge in [-0.05, 0) is 36.1 Å². The Morgan fingerprint density at radius 1 is 1.08 bits per heavy atom. The summed E-state index contributed by atoms with van der Waals surface area (Å²) in [6.07, 6.45) is 0.762. The molecule has 0 atom stereocenters. The highest BCUT2D eigenvalue weighted by molar-refractivity contribution is 7.89. The van der Waals surface area contributed by atoms with Gasteiger partial charge in [0.15, 0.2) is 0 Å². The van der Waals surface area contributed by atoms with Crippen LogP contribution in [0.2, 0.25) is 0 Å². The Balaban J connectivity index is 2.11. The number of hydrogen-bond acceptors (Lipinski definition) is 3. The van der Waals surface area contributed by atoms with Gasteiger partial charge in [0.1, 0.15) is 0 Å². The molecule has 0 bridgehead atoms. The molecule has 2 aromatic carbocycles. The third kappa shape index (κ3) is 5.68. The molecule has 0 aliphatic carbocycles. The van der Waals surface area contributed by atoms with Crippen molar-refractivity contribution in [1.82, 2.24) is 9.62 Å². The monoisotopic (exact) mass is 374 g/mol. The van der Waals surface area contributed by atoms with Crippen LogP contribution in [-0.4, -0.2) is 32.8 Å². The predicted molar refractivity (Wildman–Crippen MR) is 103 cm³/mol. The fourth-order valence-corrected chi connectivity index (χ4v) is 3.60. The van der Waals surface area contributed by atoms with Gasteiger partial charge >= 0.3 is 0 Å². The third-order valence-corrected chi connectivity index (χ3v) is 5.47. The molecule has 0 heterocycles. The van der Waals surface area contributed by atoms with E-state index in [9.17, 15) is 13.2 Å². The minimum Gasteiger partial charge on any atom is -0.337 e. The first-order valence-electron chi connectivity index (χ1n) is 8.68. The second-order valence-electron chi connectivity index (χ2n) is 6.75. The number of benzene rings is 2. The third-order valence-electron chi connectivity index (χ3n) is 4.01. The topological polar surface area (TPSA) is 66.5 Å². The lowest BCUT2D eigenvalue weighted by Crippen LogP contribution is -2.28. The van der Waals surface area contributed by atoms with E-state index in [4.69, 9.17) is 0 Å². The lowest BCUT2D eigenvalue weighted by atomic mass is 10.1. The fraction of sp³-hybridized carbons (Fsp3) is 0.350. The first-order valence-corrected chi connectivity index (χ1v) is 10.2. The van der Waals surface area contributed by atoms with Crippen molar-refractivity contribution in [3.8, 4) is 0 Å². The molecule has 26 heavy (non-hydrogen) atoms. The van der Waals surface area contributed by atoms with Gasteiger partial charge in [-0.2, -0.15) is 0 Å². The van der Waals surface area contributed by atoms with Crippen LogP contribution in [0.4, 0.5) is 0 Å². The van der Waals surface area contributed by atoms with Crippen molar-refractivity contribution >= 4 is 15.9 Å². The van der Waals surface area contributed by atoms with Gasteiger partial charge in [0.25, 0.3) is 5.91 Å². The van der Waals surface area contributed by atoms with Gasteiger partial charge in [-0.1, -0.05) is 50.2 Å². The van der Waals surface area contributed by atoms with Gasteiger partial charge in [-0.25, -0.2) is 13.1 Å². The van der Waals surface area contributed by atoms with E-state index in [1.807, 2.05) is 44.2 Å². The Morgan fingerprint density at radius 3 is 2.42 bits per heavy atom. The molecule has 1 amide bonds. The van der Waals surface area contributed by atoms with Crippen molar-refractivity contribution in [3.05, 3.63) is 65.7 Å². The molecule has 6 heteroatoms. The van der Waals surface area contributed by atoms with Crippen LogP contribution >= 0.6 is 0 Å². The molecule has 5 nitrogen and oxygen atoms in total. The van der Waals surface area contributed by atoms with Crippen molar-refractivity contribution in [2.75, 3.05) is 13.6 Å². The van der Waals surface area contributed by atoms with E-state index in [1.165, 1.54) is 12.1 Å². The molecule has 140 valence electrons. The Labute approximate surface area is 156 Å². The zero-order valence-electron chi connectivity index (χ0n) is 15.5. The summed E-state index contributed by atoms with van der Waals surface area (Å²) in [7, 11) is -1.91. The van der Waals surface area contributed by atoms with Crippen molar-refractivity contribution < 1.29 is 13.2 Å². The summed E-state index contributed by atoms with van der Waals surface area (Å²) in [5, 5.41) is 0. The number of rotatable bonds is 8.